The second-order valence-electron chi connectivity index (χ2n) is 4.55. The van der Waals surface area contributed by atoms with E-state index in [0.29, 0.717) is 17.6 Å². The van der Waals surface area contributed by atoms with Gasteiger partial charge in [-0.25, -0.2) is 9.97 Å². The summed E-state index contributed by atoms with van der Waals surface area (Å²) in [4.78, 5) is 11.7. The number of hydrogen-bond donors (Lipinski definition) is 0. The lowest BCUT2D eigenvalue weighted by molar-refractivity contribution is -0.0951. The SMILES string of the molecule is COC(CN(Cc1cnc(Cl)s1)c1cc(C)ccn1)OC. The van der Waals surface area contributed by atoms with Crippen LogP contribution in [0.15, 0.2) is 24.5 Å². The molecule has 0 spiro atoms. The summed E-state index contributed by atoms with van der Waals surface area (Å²) in [6, 6.07) is 4.00. The topological polar surface area (TPSA) is 47.5 Å². The van der Waals surface area contributed by atoms with E-state index in [1.807, 2.05) is 19.1 Å². The number of aryl methyl sites for hydroxylation is 1. The number of aromatic nitrogens is 2. The third kappa shape index (κ3) is 4.64. The Morgan fingerprint density at radius 1 is 1.33 bits per heavy atom. The van der Waals surface area contributed by atoms with Crippen LogP contribution in [0.5, 0.6) is 0 Å². The zero-order chi connectivity index (χ0) is 15.2. The number of halogens is 1. The minimum Gasteiger partial charge on any atom is -0.354 e. The quantitative estimate of drug-likeness (QED) is 0.731. The highest BCUT2D eigenvalue weighted by Crippen LogP contribution is 2.22. The minimum atomic E-state index is -0.323. The zero-order valence-corrected chi connectivity index (χ0v) is 13.8. The molecule has 0 aromatic carbocycles. The fraction of sp³-hybridized carbons (Fsp3) is 0.429. The Kier molecular flexibility index (Phi) is 5.93. The molecule has 0 saturated heterocycles. The number of anilines is 1. The Labute approximate surface area is 133 Å². The maximum Gasteiger partial charge on any atom is 0.183 e. The maximum absolute atomic E-state index is 5.90. The summed E-state index contributed by atoms with van der Waals surface area (Å²) >= 11 is 7.36. The highest BCUT2D eigenvalue weighted by atomic mass is 35.5. The van der Waals surface area contributed by atoms with Crippen molar-refractivity contribution in [3.05, 3.63) is 39.4 Å². The molecule has 0 saturated carbocycles. The molecule has 0 radical (unpaired) electrons. The second kappa shape index (κ2) is 7.70. The van der Waals surface area contributed by atoms with E-state index < -0.39 is 0 Å². The van der Waals surface area contributed by atoms with Crippen molar-refractivity contribution in [3.63, 3.8) is 0 Å². The van der Waals surface area contributed by atoms with Crippen molar-refractivity contribution in [2.24, 2.45) is 0 Å². The summed E-state index contributed by atoms with van der Waals surface area (Å²) in [6.07, 6.45) is 3.26. The van der Waals surface area contributed by atoms with Crippen molar-refractivity contribution >= 4 is 28.8 Å². The molecule has 0 amide bonds. The molecule has 0 fully saturated rings. The van der Waals surface area contributed by atoms with Gasteiger partial charge in [-0.05, 0) is 24.6 Å². The number of hydrogen-bond acceptors (Lipinski definition) is 6. The number of thiazole rings is 1. The van der Waals surface area contributed by atoms with Crippen LogP contribution < -0.4 is 4.90 Å². The molecular formula is C14H18ClN3O2S. The Morgan fingerprint density at radius 2 is 2.10 bits per heavy atom. The smallest absolute Gasteiger partial charge is 0.183 e. The van der Waals surface area contributed by atoms with Crippen LogP contribution in [-0.4, -0.2) is 37.0 Å². The molecule has 0 aliphatic rings. The van der Waals surface area contributed by atoms with Crippen LogP contribution in [0.4, 0.5) is 5.82 Å². The fourth-order valence-corrected chi connectivity index (χ4v) is 2.90. The maximum atomic E-state index is 5.90. The third-order valence-corrected chi connectivity index (χ3v) is 4.09. The number of pyridine rings is 1. The summed E-state index contributed by atoms with van der Waals surface area (Å²) < 4.78 is 11.1. The van der Waals surface area contributed by atoms with Crippen LogP contribution in [0, 0.1) is 6.92 Å². The van der Waals surface area contributed by atoms with Gasteiger partial charge in [0.1, 0.15) is 5.82 Å². The summed E-state index contributed by atoms with van der Waals surface area (Å²) in [5, 5.41) is 0. The van der Waals surface area contributed by atoms with E-state index in [2.05, 4.69) is 14.9 Å². The van der Waals surface area contributed by atoms with Gasteiger partial charge in [0.15, 0.2) is 10.8 Å². The molecule has 21 heavy (non-hydrogen) atoms. The van der Waals surface area contributed by atoms with E-state index in [1.54, 1.807) is 26.6 Å². The molecule has 2 aromatic heterocycles. The molecule has 0 atom stereocenters. The predicted molar refractivity (Wildman–Crippen MR) is 85.0 cm³/mol. The van der Waals surface area contributed by atoms with Crippen molar-refractivity contribution in [3.8, 4) is 0 Å². The lowest BCUT2D eigenvalue weighted by atomic mass is 10.3. The standard InChI is InChI=1S/C14H18ClN3O2S/c1-10-4-5-16-12(6-10)18(9-13(19-2)20-3)8-11-7-17-14(15)21-11/h4-7,13H,8-9H2,1-3H3. The minimum absolute atomic E-state index is 0.323. The molecule has 2 aromatic rings. The van der Waals surface area contributed by atoms with Gasteiger partial charge in [0, 0.05) is 31.5 Å². The van der Waals surface area contributed by atoms with Gasteiger partial charge in [0.25, 0.3) is 0 Å². The van der Waals surface area contributed by atoms with Gasteiger partial charge in [-0.1, -0.05) is 11.6 Å². The van der Waals surface area contributed by atoms with E-state index in [0.717, 1.165) is 16.3 Å². The Hall–Kier alpha value is -1.21. The van der Waals surface area contributed by atoms with E-state index in [4.69, 9.17) is 21.1 Å². The van der Waals surface area contributed by atoms with Crippen LogP contribution in [0.2, 0.25) is 4.47 Å². The van der Waals surface area contributed by atoms with E-state index in [9.17, 15) is 0 Å². The van der Waals surface area contributed by atoms with Gasteiger partial charge in [-0.15, -0.1) is 11.3 Å². The van der Waals surface area contributed by atoms with Crippen molar-refractivity contribution in [2.45, 2.75) is 19.8 Å². The lowest BCUT2D eigenvalue weighted by Gasteiger charge is -2.26. The molecule has 0 N–H and O–H groups in total. The van der Waals surface area contributed by atoms with Crippen LogP contribution in [0.1, 0.15) is 10.4 Å². The molecule has 5 nitrogen and oxygen atoms in total. The van der Waals surface area contributed by atoms with E-state index in [-0.39, 0.29) is 6.29 Å². The molecular weight excluding hydrogens is 310 g/mol. The molecule has 0 bridgehead atoms. The van der Waals surface area contributed by atoms with Crippen molar-refractivity contribution < 1.29 is 9.47 Å². The first-order valence-electron chi connectivity index (χ1n) is 6.45. The van der Waals surface area contributed by atoms with Crippen molar-refractivity contribution in [1.29, 1.82) is 0 Å². The van der Waals surface area contributed by atoms with Gasteiger partial charge in [0.2, 0.25) is 0 Å². The largest absolute Gasteiger partial charge is 0.354 e. The number of ether oxygens (including phenoxy) is 2. The average molecular weight is 328 g/mol. The van der Waals surface area contributed by atoms with E-state index in [1.165, 1.54) is 11.3 Å². The van der Waals surface area contributed by atoms with Crippen molar-refractivity contribution in [1.82, 2.24) is 9.97 Å². The number of nitrogens with zero attached hydrogens (tertiary/aromatic N) is 3. The van der Waals surface area contributed by atoms with Crippen molar-refractivity contribution in [2.75, 3.05) is 25.7 Å². The Morgan fingerprint density at radius 3 is 2.67 bits per heavy atom. The summed E-state index contributed by atoms with van der Waals surface area (Å²) in [5.74, 6) is 0.874. The van der Waals surface area contributed by atoms with Crippen LogP contribution in [0.3, 0.4) is 0 Å². The first-order chi connectivity index (χ1) is 10.1. The molecule has 7 heteroatoms. The first-order valence-corrected chi connectivity index (χ1v) is 7.65. The molecule has 0 aliphatic heterocycles. The molecule has 2 heterocycles. The summed E-state index contributed by atoms with van der Waals surface area (Å²) in [6.45, 7) is 3.26. The number of rotatable bonds is 7. The van der Waals surface area contributed by atoms with Gasteiger partial charge in [0.05, 0.1) is 13.1 Å². The average Bonchev–Trinajstić information content (AvgIpc) is 2.88. The third-order valence-electron chi connectivity index (χ3n) is 2.99. The van der Waals surface area contributed by atoms with Gasteiger partial charge >= 0.3 is 0 Å². The molecule has 0 aliphatic carbocycles. The monoisotopic (exact) mass is 327 g/mol. The Bertz CT molecular complexity index is 575. The first kappa shape index (κ1) is 16.2. The normalized spacial score (nSPS) is 11.1. The van der Waals surface area contributed by atoms with Crippen LogP contribution in [-0.2, 0) is 16.0 Å². The lowest BCUT2D eigenvalue weighted by Crippen LogP contribution is -2.34. The highest BCUT2D eigenvalue weighted by molar-refractivity contribution is 7.15. The van der Waals surface area contributed by atoms with Crippen LogP contribution in [0.25, 0.3) is 0 Å². The second-order valence-corrected chi connectivity index (χ2v) is 6.25. The van der Waals surface area contributed by atoms with Crippen LogP contribution >= 0.6 is 22.9 Å². The Balaban J connectivity index is 2.20. The molecule has 2 rings (SSSR count). The molecule has 114 valence electrons. The highest BCUT2D eigenvalue weighted by Gasteiger charge is 2.16. The van der Waals surface area contributed by atoms with Gasteiger partial charge < -0.3 is 14.4 Å². The van der Waals surface area contributed by atoms with Gasteiger partial charge in [-0.3, -0.25) is 0 Å². The molecule has 0 unspecified atom stereocenters. The predicted octanol–water partition coefficient (Wildman–Crippen LogP) is 3.13. The summed E-state index contributed by atoms with van der Waals surface area (Å²) in [7, 11) is 3.25. The summed E-state index contributed by atoms with van der Waals surface area (Å²) in [5.41, 5.74) is 1.15. The fourth-order valence-electron chi connectivity index (χ4n) is 1.90. The van der Waals surface area contributed by atoms with Gasteiger partial charge in [-0.2, -0.15) is 0 Å². The zero-order valence-electron chi connectivity index (χ0n) is 12.2. The van der Waals surface area contributed by atoms with E-state index >= 15 is 0 Å². The number of methoxy groups -OCH3 is 2.